The predicted octanol–water partition coefficient (Wildman–Crippen LogP) is 0.610. The van der Waals surface area contributed by atoms with Crippen molar-refractivity contribution < 1.29 is 14.1 Å². The molecule has 0 saturated carbocycles. The Morgan fingerprint density at radius 1 is 1.27 bits per heavy atom. The highest BCUT2D eigenvalue weighted by Crippen LogP contribution is 2.21. The predicted molar refractivity (Wildman–Crippen MR) is 81.7 cm³/mol. The van der Waals surface area contributed by atoms with Crippen LogP contribution in [0.4, 0.5) is 0 Å². The van der Waals surface area contributed by atoms with Gasteiger partial charge in [0, 0.05) is 32.1 Å². The molecule has 0 unspecified atom stereocenters. The van der Waals surface area contributed by atoms with Crippen LogP contribution in [-0.2, 0) is 4.79 Å². The fourth-order valence-electron chi connectivity index (χ4n) is 2.47. The van der Waals surface area contributed by atoms with E-state index in [4.69, 9.17) is 4.52 Å². The minimum Gasteiger partial charge on any atom is -0.360 e. The first-order chi connectivity index (χ1) is 10.4. The Balaban J connectivity index is 1.93. The molecule has 7 nitrogen and oxygen atoms in total. The molecule has 1 saturated heterocycles. The Hall–Kier alpha value is -1.89. The van der Waals surface area contributed by atoms with Gasteiger partial charge in [0.15, 0.2) is 5.76 Å². The molecule has 22 heavy (non-hydrogen) atoms. The molecule has 7 heteroatoms. The number of carbonyl (C=O) groups is 2. The van der Waals surface area contributed by atoms with E-state index < -0.39 is 0 Å². The summed E-state index contributed by atoms with van der Waals surface area (Å²) in [4.78, 5) is 28.4. The Morgan fingerprint density at radius 3 is 2.50 bits per heavy atom. The van der Waals surface area contributed by atoms with Crippen molar-refractivity contribution in [3.05, 3.63) is 17.0 Å². The number of rotatable bonds is 4. The van der Waals surface area contributed by atoms with Gasteiger partial charge in [0.05, 0.1) is 12.2 Å². The molecule has 1 N–H and O–H groups in total. The third-order valence-electron chi connectivity index (χ3n) is 3.90. The maximum Gasteiger partial charge on any atom is 0.257 e. The monoisotopic (exact) mass is 308 g/mol. The second-order valence-corrected chi connectivity index (χ2v) is 6.03. The summed E-state index contributed by atoms with van der Waals surface area (Å²) in [6.45, 7) is 8.74. The molecular weight excluding hydrogens is 284 g/mol. The van der Waals surface area contributed by atoms with Gasteiger partial charge in [-0.25, -0.2) is 0 Å². The van der Waals surface area contributed by atoms with E-state index in [0.717, 1.165) is 13.1 Å². The molecule has 1 fully saturated rings. The minimum absolute atomic E-state index is 0.00467. The molecule has 1 aliphatic rings. The zero-order valence-electron chi connectivity index (χ0n) is 13.7. The van der Waals surface area contributed by atoms with E-state index in [2.05, 4.69) is 15.4 Å². The smallest absolute Gasteiger partial charge is 0.257 e. The van der Waals surface area contributed by atoms with Crippen molar-refractivity contribution in [3.8, 4) is 0 Å². The highest BCUT2D eigenvalue weighted by Gasteiger charge is 2.24. The van der Waals surface area contributed by atoms with Gasteiger partial charge in [-0.05, 0) is 14.0 Å². The molecule has 1 aliphatic heterocycles. The summed E-state index contributed by atoms with van der Waals surface area (Å²) in [6, 6.07) is 0. The summed E-state index contributed by atoms with van der Waals surface area (Å²) >= 11 is 0. The van der Waals surface area contributed by atoms with Crippen molar-refractivity contribution in [3.63, 3.8) is 0 Å². The van der Waals surface area contributed by atoms with Crippen LogP contribution in [-0.4, -0.2) is 66.5 Å². The van der Waals surface area contributed by atoms with Crippen LogP contribution < -0.4 is 5.32 Å². The normalized spacial score (nSPS) is 16.1. The fourth-order valence-corrected chi connectivity index (χ4v) is 2.47. The molecule has 0 aliphatic carbocycles. The van der Waals surface area contributed by atoms with Gasteiger partial charge in [-0.2, -0.15) is 0 Å². The number of hydrogen-bond acceptors (Lipinski definition) is 5. The number of aromatic nitrogens is 1. The maximum atomic E-state index is 12.3. The minimum atomic E-state index is -0.301. The van der Waals surface area contributed by atoms with E-state index >= 15 is 0 Å². The number of amides is 2. The van der Waals surface area contributed by atoms with Gasteiger partial charge in [0.2, 0.25) is 5.91 Å². The van der Waals surface area contributed by atoms with Gasteiger partial charge in [0.1, 0.15) is 5.56 Å². The number of carbonyl (C=O) groups excluding carboxylic acids is 2. The number of nitrogens with zero attached hydrogens (tertiary/aromatic N) is 3. The number of nitrogens with one attached hydrogen (secondary N) is 1. The largest absolute Gasteiger partial charge is 0.360 e. The Kier molecular flexibility index (Phi) is 5.18. The van der Waals surface area contributed by atoms with Gasteiger partial charge >= 0.3 is 0 Å². The molecule has 0 bridgehead atoms. The lowest BCUT2D eigenvalue weighted by atomic mass is 10.0. The van der Waals surface area contributed by atoms with E-state index in [1.807, 2.05) is 20.9 Å². The Bertz CT molecular complexity index is 545. The lowest BCUT2D eigenvalue weighted by Crippen LogP contribution is -2.50. The molecule has 122 valence electrons. The van der Waals surface area contributed by atoms with Crippen LogP contribution in [0.3, 0.4) is 0 Å². The molecule has 2 heterocycles. The van der Waals surface area contributed by atoms with Crippen LogP contribution in [0, 0.1) is 6.92 Å². The first-order valence-electron chi connectivity index (χ1n) is 7.60. The SMILES string of the molecule is Cc1noc(C(C)C)c1C(=O)NCC(=O)N1CCN(C)CC1. The van der Waals surface area contributed by atoms with Crippen LogP contribution in [0.5, 0.6) is 0 Å². The van der Waals surface area contributed by atoms with Crippen molar-refractivity contribution in [2.75, 3.05) is 39.8 Å². The average molecular weight is 308 g/mol. The van der Waals surface area contributed by atoms with Crippen molar-refractivity contribution >= 4 is 11.8 Å². The third kappa shape index (κ3) is 3.65. The average Bonchev–Trinajstić information content (AvgIpc) is 2.87. The second kappa shape index (κ2) is 6.91. The number of aryl methyl sites for hydroxylation is 1. The standard InChI is InChI=1S/C15H24N4O3/c1-10(2)14-13(11(3)17-22-14)15(21)16-9-12(20)19-7-5-18(4)6-8-19/h10H,5-9H2,1-4H3,(H,16,21). The zero-order chi connectivity index (χ0) is 16.3. The van der Waals surface area contributed by atoms with E-state index in [1.165, 1.54) is 0 Å². The maximum absolute atomic E-state index is 12.3. The topological polar surface area (TPSA) is 78.7 Å². The highest BCUT2D eigenvalue weighted by atomic mass is 16.5. The van der Waals surface area contributed by atoms with Crippen LogP contribution >= 0.6 is 0 Å². The fraction of sp³-hybridized carbons (Fsp3) is 0.667. The van der Waals surface area contributed by atoms with Gasteiger partial charge in [0.25, 0.3) is 5.91 Å². The quantitative estimate of drug-likeness (QED) is 0.882. The van der Waals surface area contributed by atoms with Gasteiger partial charge in [-0.1, -0.05) is 19.0 Å². The molecule has 2 amide bonds. The first kappa shape index (κ1) is 16.5. The molecule has 0 atom stereocenters. The zero-order valence-corrected chi connectivity index (χ0v) is 13.7. The van der Waals surface area contributed by atoms with Crippen molar-refractivity contribution in [1.29, 1.82) is 0 Å². The molecule has 0 radical (unpaired) electrons. The second-order valence-electron chi connectivity index (χ2n) is 6.03. The van der Waals surface area contributed by atoms with Crippen LogP contribution in [0.2, 0.25) is 0 Å². The lowest BCUT2D eigenvalue weighted by Gasteiger charge is -2.32. The van der Waals surface area contributed by atoms with E-state index in [0.29, 0.717) is 30.1 Å². The van der Waals surface area contributed by atoms with Gasteiger partial charge in [-0.3, -0.25) is 9.59 Å². The molecule has 0 spiro atoms. The number of piperazine rings is 1. The summed E-state index contributed by atoms with van der Waals surface area (Å²) < 4.78 is 5.20. The molecule has 1 aromatic heterocycles. The summed E-state index contributed by atoms with van der Waals surface area (Å²) in [5, 5.41) is 6.53. The van der Waals surface area contributed by atoms with Crippen LogP contribution in [0.25, 0.3) is 0 Å². The van der Waals surface area contributed by atoms with Gasteiger partial charge < -0.3 is 19.6 Å². The van der Waals surface area contributed by atoms with E-state index in [1.54, 1.807) is 11.8 Å². The number of hydrogen-bond donors (Lipinski definition) is 1. The van der Waals surface area contributed by atoms with Crippen LogP contribution in [0.1, 0.15) is 41.6 Å². The Labute approximate surface area is 130 Å². The van der Waals surface area contributed by atoms with Crippen molar-refractivity contribution in [2.24, 2.45) is 0 Å². The van der Waals surface area contributed by atoms with Crippen molar-refractivity contribution in [2.45, 2.75) is 26.7 Å². The number of likely N-dealkylation sites (N-methyl/N-ethyl adjacent to an activating group) is 1. The molecule has 0 aromatic carbocycles. The summed E-state index contributed by atoms with van der Waals surface area (Å²) in [5.74, 6) is 0.268. The summed E-state index contributed by atoms with van der Waals surface area (Å²) in [6.07, 6.45) is 0. The lowest BCUT2D eigenvalue weighted by molar-refractivity contribution is -0.131. The van der Waals surface area contributed by atoms with E-state index in [9.17, 15) is 9.59 Å². The third-order valence-corrected chi connectivity index (χ3v) is 3.90. The highest BCUT2D eigenvalue weighted by molar-refractivity contribution is 5.98. The summed E-state index contributed by atoms with van der Waals surface area (Å²) in [5.41, 5.74) is 0.995. The van der Waals surface area contributed by atoms with Gasteiger partial charge in [-0.15, -0.1) is 0 Å². The molecular formula is C15H24N4O3. The van der Waals surface area contributed by atoms with Crippen molar-refractivity contribution in [1.82, 2.24) is 20.3 Å². The summed E-state index contributed by atoms with van der Waals surface area (Å²) in [7, 11) is 2.03. The van der Waals surface area contributed by atoms with Crippen LogP contribution in [0.15, 0.2) is 4.52 Å². The molecule has 2 rings (SSSR count). The van der Waals surface area contributed by atoms with E-state index in [-0.39, 0.29) is 24.3 Å². The molecule has 1 aromatic rings. The Morgan fingerprint density at radius 2 is 1.91 bits per heavy atom. The first-order valence-corrected chi connectivity index (χ1v) is 7.60.